The van der Waals surface area contributed by atoms with Crippen molar-refractivity contribution in [3.63, 3.8) is 0 Å². The number of rotatable bonds is 5. The van der Waals surface area contributed by atoms with Crippen molar-refractivity contribution in [1.82, 2.24) is 4.90 Å². The summed E-state index contributed by atoms with van der Waals surface area (Å²) in [7, 11) is 4.18. The summed E-state index contributed by atoms with van der Waals surface area (Å²) in [6.45, 7) is 6.36. The maximum absolute atomic E-state index is 6.02. The summed E-state index contributed by atoms with van der Waals surface area (Å²) >= 11 is 0. The van der Waals surface area contributed by atoms with Gasteiger partial charge in [0.25, 0.3) is 0 Å². The third-order valence-corrected chi connectivity index (χ3v) is 2.80. The topological polar surface area (TPSA) is 12.5 Å². The predicted octanol–water partition coefficient (Wildman–Crippen LogP) is 3.10. The van der Waals surface area contributed by atoms with Crippen molar-refractivity contribution in [1.29, 1.82) is 0 Å². The van der Waals surface area contributed by atoms with Gasteiger partial charge in [0.1, 0.15) is 0 Å². The molecule has 1 aromatic carbocycles. The molecule has 16 heavy (non-hydrogen) atoms. The zero-order valence-electron chi connectivity index (χ0n) is 11.0. The Balaban J connectivity index is 2.87. The molecule has 0 aliphatic rings. The second-order valence-electron chi connectivity index (χ2n) is 4.72. The van der Waals surface area contributed by atoms with E-state index in [9.17, 15) is 0 Å². The quantitative estimate of drug-likeness (QED) is 0.757. The van der Waals surface area contributed by atoms with E-state index in [1.807, 2.05) is 6.07 Å². The van der Waals surface area contributed by atoms with Crippen LogP contribution in [0.15, 0.2) is 30.3 Å². The van der Waals surface area contributed by atoms with Crippen molar-refractivity contribution in [2.45, 2.75) is 39.0 Å². The van der Waals surface area contributed by atoms with Crippen LogP contribution in [0.3, 0.4) is 0 Å². The van der Waals surface area contributed by atoms with Gasteiger partial charge in [-0.05, 0) is 40.4 Å². The largest absolute Gasteiger partial charge is 0.369 e. The fourth-order valence-corrected chi connectivity index (χ4v) is 1.68. The van der Waals surface area contributed by atoms with Gasteiger partial charge in [0, 0.05) is 6.04 Å². The van der Waals surface area contributed by atoms with Crippen LogP contribution in [-0.2, 0) is 4.74 Å². The minimum atomic E-state index is 0.135. The van der Waals surface area contributed by atoms with Crippen molar-refractivity contribution in [2.24, 2.45) is 0 Å². The lowest BCUT2D eigenvalue weighted by molar-refractivity contribution is -0.0329. The number of hydrogen-bond donors (Lipinski definition) is 0. The summed E-state index contributed by atoms with van der Waals surface area (Å²) in [6.07, 6.45) is 0.379. The highest BCUT2D eigenvalue weighted by Gasteiger charge is 2.22. The molecule has 1 rings (SSSR count). The monoisotopic (exact) mass is 221 g/mol. The van der Waals surface area contributed by atoms with E-state index in [4.69, 9.17) is 4.74 Å². The third-order valence-electron chi connectivity index (χ3n) is 2.80. The zero-order valence-corrected chi connectivity index (χ0v) is 11.0. The van der Waals surface area contributed by atoms with Gasteiger partial charge in [-0.2, -0.15) is 0 Å². The molecule has 0 amide bonds. The molecule has 0 N–H and O–H groups in total. The van der Waals surface area contributed by atoms with Gasteiger partial charge < -0.3 is 9.64 Å². The summed E-state index contributed by atoms with van der Waals surface area (Å²) in [5.41, 5.74) is 1.25. The Bertz CT molecular complexity index is 295. The maximum atomic E-state index is 6.02. The minimum absolute atomic E-state index is 0.135. The number of nitrogens with zero attached hydrogens (tertiary/aromatic N) is 1. The standard InChI is InChI=1S/C14H23NO/c1-11(2)16-14(12(3)15(4)5)13-9-7-6-8-10-13/h6-12,14H,1-5H3/t12-,14+/m1/s1. The van der Waals surface area contributed by atoms with Crippen LogP contribution in [0, 0.1) is 0 Å². The van der Waals surface area contributed by atoms with Crippen LogP contribution in [0.2, 0.25) is 0 Å². The van der Waals surface area contributed by atoms with E-state index in [0.717, 1.165) is 0 Å². The van der Waals surface area contributed by atoms with E-state index < -0.39 is 0 Å². The molecule has 0 spiro atoms. The van der Waals surface area contributed by atoms with E-state index in [1.54, 1.807) is 0 Å². The van der Waals surface area contributed by atoms with Gasteiger partial charge in [-0.1, -0.05) is 30.3 Å². The van der Waals surface area contributed by atoms with Crippen LogP contribution in [0.25, 0.3) is 0 Å². The van der Waals surface area contributed by atoms with Crippen LogP contribution in [0.1, 0.15) is 32.4 Å². The highest BCUT2D eigenvalue weighted by molar-refractivity contribution is 5.19. The van der Waals surface area contributed by atoms with E-state index in [2.05, 4.69) is 64.0 Å². The second-order valence-corrected chi connectivity index (χ2v) is 4.72. The molecule has 0 saturated heterocycles. The lowest BCUT2D eigenvalue weighted by atomic mass is 10.0. The lowest BCUT2D eigenvalue weighted by Crippen LogP contribution is -2.33. The summed E-state index contributed by atoms with van der Waals surface area (Å²) < 4.78 is 6.02. The van der Waals surface area contributed by atoms with Crippen LogP contribution >= 0.6 is 0 Å². The first kappa shape index (κ1) is 13.2. The molecule has 0 aliphatic heterocycles. The first-order valence-corrected chi connectivity index (χ1v) is 5.89. The van der Waals surface area contributed by atoms with Crippen LogP contribution in [0.4, 0.5) is 0 Å². The Hall–Kier alpha value is -0.860. The Morgan fingerprint density at radius 2 is 1.56 bits per heavy atom. The molecule has 0 unspecified atom stereocenters. The molecule has 0 radical (unpaired) electrons. The van der Waals surface area contributed by atoms with E-state index in [1.165, 1.54) is 5.56 Å². The first-order chi connectivity index (χ1) is 7.52. The van der Waals surface area contributed by atoms with E-state index >= 15 is 0 Å². The summed E-state index contributed by atoms with van der Waals surface area (Å²) in [4.78, 5) is 2.19. The molecule has 0 bridgehead atoms. The Morgan fingerprint density at radius 3 is 2.00 bits per heavy atom. The van der Waals surface area contributed by atoms with Gasteiger partial charge in [0.15, 0.2) is 0 Å². The van der Waals surface area contributed by atoms with Crippen molar-refractivity contribution in [3.05, 3.63) is 35.9 Å². The number of benzene rings is 1. The number of hydrogen-bond acceptors (Lipinski definition) is 2. The summed E-state index contributed by atoms with van der Waals surface area (Å²) in [5, 5.41) is 0. The van der Waals surface area contributed by atoms with Crippen molar-refractivity contribution >= 4 is 0 Å². The van der Waals surface area contributed by atoms with Crippen LogP contribution < -0.4 is 0 Å². The molecule has 90 valence electrons. The molecule has 2 nitrogen and oxygen atoms in total. The van der Waals surface area contributed by atoms with Gasteiger partial charge in [-0.15, -0.1) is 0 Å². The van der Waals surface area contributed by atoms with Gasteiger partial charge in [-0.25, -0.2) is 0 Å². The number of likely N-dealkylation sites (N-methyl/N-ethyl adjacent to an activating group) is 1. The molecular formula is C14H23NO. The van der Waals surface area contributed by atoms with Gasteiger partial charge in [-0.3, -0.25) is 0 Å². The Morgan fingerprint density at radius 1 is 1.00 bits per heavy atom. The average molecular weight is 221 g/mol. The summed E-state index contributed by atoms with van der Waals surface area (Å²) in [5.74, 6) is 0. The highest BCUT2D eigenvalue weighted by Crippen LogP contribution is 2.25. The van der Waals surface area contributed by atoms with E-state index in [0.29, 0.717) is 6.04 Å². The molecule has 0 saturated carbocycles. The highest BCUT2D eigenvalue weighted by atomic mass is 16.5. The van der Waals surface area contributed by atoms with Crippen molar-refractivity contribution in [2.75, 3.05) is 14.1 Å². The van der Waals surface area contributed by atoms with Gasteiger partial charge in [0.2, 0.25) is 0 Å². The molecular weight excluding hydrogens is 198 g/mol. The smallest absolute Gasteiger partial charge is 0.0980 e. The van der Waals surface area contributed by atoms with Crippen LogP contribution in [-0.4, -0.2) is 31.1 Å². The molecule has 0 heterocycles. The molecule has 0 aliphatic carbocycles. The molecule has 0 fully saturated rings. The molecule has 2 heteroatoms. The Kier molecular flexibility index (Phi) is 4.97. The molecule has 1 aromatic rings. The average Bonchev–Trinajstić information content (AvgIpc) is 2.26. The predicted molar refractivity (Wildman–Crippen MR) is 68.6 cm³/mol. The SMILES string of the molecule is CC(C)O[C@H](c1ccccc1)[C@@H](C)N(C)C. The van der Waals surface area contributed by atoms with Gasteiger partial charge in [0.05, 0.1) is 12.2 Å². The minimum Gasteiger partial charge on any atom is -0.369 e. The van der Waals surface area contributed by atoms with Crippen molar-refractivity contribution in [3.8, 4) is 0 Å². The maximum Gasteiger partial charge on any atom is 0.0980 e. The first-order valence-electron chi connectivity index (χ1n) is 5.89. The number of ether oxygens (including phenoxy) is 1. The third kappa shape index (κ3) is 3.62. The second kappa shape index (κ2) is 6.02. The Labute approximate surface area is 99.2 Å². The summed E-state index contributed by atoms with van der Waals surface area (Å²) in [6, 6.07) is 10.8. The van der Waals surface area contributed by atoms with E-state index in [-0.39, 0.29) is 12.2 Å². The van der Waals surface area contributed by atoms with Crippen LogP contribution in [0.5, 0.6) is 0 Å². The fraction of sp³-hybridized carbons (Fsp3) is 0.571. The fourth-order valence-electron chi connectivity index (χ4n) is 1.68. The molecule has 2 atom stereocenters. The lowest BCUT2D eigenvalue weighted by Gasteiger charge is -2.31. The van der Waals surface area contributed by atoms with Crippen molar-refractivity contribution < 1.29 is 4.74 Å². The zero-order chi connectivity index (χ0) is 12.1. The van der Waals surface area contributed by atoms with Gasteiger partial charge >= 0.3 is 0 Å². The normalized spacial score (nSPS) is 15.4. The molecule has 0 aromatic heterocycles.